The summed E-state index contributed by atoms with van der Waals surface area (Å²) < 4.78 is 0. The topological polar surface area (TPSA) is 42.0 Å². The first kappa shape index (κ1) is 14.5. The Kier molecular flexibility index (Phi) is 4.40. The summed E-state index contributed by atoms with van der Waals surface area (Å²) in [6, 6.07) is 9.47. The van der Waals surface area contributed by atoms with Crippen LogP contribution >= 0.6 is 11.6 Å². The van der Waals surface area contributed by atoms with Crippen LogP contribution in [-0.4, -0.2) is 10.9 Å². The molecule has 1 amide bonds. The molecule has 0 aliphatic rings. The Labute approximate surface area is 124 Å². The van der Waals surface area contributed by atoms with Crippen LogP contribution in [0.4, 0.5) is 0 Å². The number of amides is 1. The van der Waals surface area contributed by atoms with Crippen molar-refractivity contribution in [3.05, 3.63) is 63.9 Å². The number of pyridine rings is 1. The minimum absolute atomic E-state index is 0.0839. The van der Waals surface area contributed by atoms with Gasteiger partial charge in [0.1, 0.15) is 5.15 Å². The van der Waals surface area contributed by atoms with E-state index in [0.29, 0.717) is 5.56 Å². The van der Waals surface area contributed by atoms with Gasteiger partial charge in [0, 0.05) is 6.20 Å². The first-order valence-electron chi connectivity index (χ1n) is 6.47. The molecule has 2 rings (SSSR count). The highest BCUT2D eigenvalue weighted by molar-refractivity contribution is 6.32. The van der Waals surface area contributed by atoms with Crippen molar-refractivity contribution in [2.45, 2.75) is 26.8 Å². The number of aryl methyl sites for hydroxylation is 2. The summed E-state index contributed by atoms with van der Waals surface area (Å²) in [7, 11) is 0. The van der Waals surface area contributed by atoms with Crippen molar-refractivity contribution >= 4 is 17.5 Å². The molecule has 20 heavy (non-hydrogen) atoms. The fourth-order valence-corrected chi connectivity index (χ4v) is 2.42. The highest BCUT2D eigenvalue weighted by Gasteiger charge is 2.15. The van der Waals surface area contributed by atoms with Gasteiger partial charge in [0.25, 0.3) is 5.91 Å². The molecule has 0 aliphatic carbocycles. The van der Waals surface area contributed by atoms with Crippen molar-refractivity contribution in [1.29, 1.82) is 0 Å². The fraction of sp³-hybridized carbons (Fsp3) is 0.250. The molecule has 0 aliphatic heterocycles. The average Bonchev–Trinajstić information content (AvgIpc) is 2.38. The summed E-state index contributed by atoms with van der Waals surface area (Å²) in [5.74, 6) is -0.212. The lowest BCUT2D eigenvalue weighted by molar-refractivity contribution is 0.0939. The Hall–Kier alpha value is -1.87. The Morgan fingerprint density at radius 3 is 2.70 bits per heavy atom. The minimum atomic E-state index is -0.212. The van der Waals surface area contributed by atoms with Crippen LogP contribution in [0.15, 0.2) is 36.5 Å². The van der Waals surface area contributed by atoms with Gasteiger partial charge >= 0.3 is 0 Å². The number of aromatic nitrogens is 1. The van der Waals surface area contributed by atoms with E-state index in [2.05, 4.69) is 23.3 Å². The van der Waals surface area contributed by atoms with Gasteiger partial charge in [-0.15, -0.1) is 0 Å². The van der Waals surface area contributed by atoms with Gasteiger partial charge < -0.3 is 5.32 Å². The summed E-state index contributed by atoms with van der Waals surface area (Å²) in [5.41, 5.74) is 3.87. The molecule has 0 saturated heterocycles. The van der Waals surface area contributed by atoms with Crippen LogP contribution in [0.1, 0.15) is 40.0 Å². The summed E-state index contributed by atoms with van der Waals surface area (Å²) in [5, 5.41) is 3.17. The Balaban J connectivity index is 2.17. The van der Waals surface area contributed by atoms with E-state index in [-0.39, 0.29) is 17.1 Å². The van der Waals surface area contributed by atoms with Crippen LogP contribution in [0.2, 0.25) is 5.15 Å². The number of nitrogens with zero attached hydrogens (tertiary/aromatic N) is 1. The molecular formula is C16H17ClN2O. The van der Waals surface area contributed by atoms with E-state index in [1.807, 2.05) is 26.0 Å². The number of hydrogen-bond acceptors (Lipinski definition) is 2. The van der Waals surface area contributed by atoms with Crippen LogP contribution in [0.3, 0.4) is 0 Å². The van der Waals surface area contributed by atoms with Gasteiger partial charge in [-0.05, 0) is 44.0 Å². The monoisotopic (exact) mass is 288 g/mol. The van der Waals surface area contributed by atoms with Crippen molar-refractivity contribution in [1.82, 2.24) is 10.3 Å². The number of halogens is 1. The van der Waals surface area contributed by atoms with Crippen molar-refractivity contribution in [2.24, 2.45) is 0 Å². The van der Waals surface area contributed by atoms with E-state index in [9.17, 15) is 4.79 Å². The lowest BCUT2D eigenvalue weighted by Gasteiger charge is -2.17. The van der Waals surface area contributed by atoms with Gasteiger partial charge in [0.05, 0.1) is 11.6 Å². The number of carbonyl (C=O) groups excluding carboxylic acids is 1. The number of hydrogen-bond donors (Lipinski definition) is 1. The predicted octanol–water partition coefficient (Wildman–Crippen LogP) is 3.84. The van der Waals surface area contributed by atoms with Crippen LogP contribution in [0.25, 0.3) is 0 Å². The molecular weight excluding hydrogens is 272 g/mol. The molecule has 3 nitrogen and oxygen atoms in total. The predicted molar refractivity (Wildman–Crippen MR) is 81.0 cm³/mol. The average molecular weight is 289 g/mol. The molecule has 1 N–H and O–H groups in total. The minimum Gasteiger partial charge on any atom is -0.345 e. The van der Waals surface area contributed by atoms with Gasteiger partial charge in [0.15, 0.2) is 0 Å². The number of benzene rings is 1. The molecule has 1 aromatic heterocycles. The maximum Gasteiger partial charge on any atom is 0.254 e. The third-order valence-electron chi connectivity index (χ3n) is 3.24. The molecule has 104 valence electrons. The summed E-state index contributed by atoms with van der Waals surface area (Å²) in [6.45, 7) is 6.05. The quantitative estimate of drug-likeness (QED) is 0.872. The third kappa shape index (κ3) is 3.17. The molecule has 1 heterocycles. The first-order chi connectivity index (χ1) is 9.49. The molecule has 2 aromatic rings. The zero-order valence-corrected chi connectivity index (χ0v) is 12.5. The lowest BCUT2D eigenvalue weighted by Crippen LogP contribution is -2.27. The van der Waals surface area contributed by atoms with Crippen molar-refractivity contribution < 1.29 is 4.79 Å². The zero-order chi connectivity index (χ0) is 14.7. The summed E-state index contributed by atoms with van der Waals surface area (Å²) >= 11 is 5.93. The molecule has 0 saturated carbocycles. The lowest BCUT2D eigenvalue weighted by atomic mass is 10.00. The first-order valence-corrected chi connectivity index (χ1v) is 6.85. The molecule has 0 fully saturated rings. The maximum atomic E-state index is 12.2. The third-order valence-corrected chi connectivity index (χ3v) is 3.54. The van der Waals surface area contributed by atoms with Crippen molar-refractivity contribution in [2.75, 3.05) is 0 Å². The normalized spacial score (nSPS) is 12.0. The van der Waals surface area contributed by atoms with Gasteiger partial charge in [-0.2, -0.15) is 0 Å². The van der Waals surface area contributed by atoms with Crippen molar-refractivity contribution in [3.8, 4) is 0 Å². The van der Waals surface area contributed by atoms with Crippen LogP contribution in [0.5, 0.6) is 0 Å². The second kappa shape index (κ2) is 6.06. The summed E-state index contributed by atoms with van der Waals surface area (Å²) in [6.07, 6.45) is 1.56. The Morgan fingerprint density at radius 1 is 1.30 bits per heavy atom. The Bertz CT molecular complexity index is 640. The van der Waals surface area contributed by atoms with E-state index < -0.39 is 0 Å². The second-order valence-corrected chi connectivity index (χ2v) is 5.25. The zero-order valence-electron chi connectivity index (χ0n) is 11.8. The standard InChI is InChI=1S/C16H17ClN2O/c1-10-6-7-13(11(2)9-10)12(3)19-16(20)14-5-4-8-18-15(14)17/h4-9,12H,1-3H3,(H,19,20). The van der Waals surface area contributed by atoms with Crippen molar-refractivity contribution in [3.63, 3.8) is 0 Å². The fourth-order valence-electron chi connectivity index (χ4n) is 2.22. The van der Waals surface area contributed by atoms with E-state index in [0.717, 1.165) is 11.1 Å². The SMILES string of the molecule is Cc1ccc(C(C)NC(=O)c2cccnc2Cl)c(C)c1. The van der Waals surface area contributed by atoms with Crippen LogP contribution in [-0.2, 0) is 0 Å². The molecule has 1 unspecified atom stereocenters. The number of rotatable bonds is 3. The van der Waals surface area contributed by atoms with Gasteiger partial charge in [-0.1, -0.05) is 35.4 Å². The molecule has 1 aromatic carbocycles. The van der Waals surface area contributed by atoms with Gasteiger partial charge in [-0.25, -0.2) is 4.98 Å². The highest BCUT2D eigenvalue weighted by Crippen LogP contribution is 2.20. The second-order valence-electron chi connectivity index (χ2n) is 4.90. The molecule has 0 spiro atoms. The maximum absolute atomic E-state index is 12.2. The summed E-state index contributed by atoms with van der Waals surface area (Å²) in [4.78, 5) is 16.1. The largest absolute Gasteiger partial charge is 0.345 e. The van der Waals surface area contributed by atoms with E-state index >= 15 is 0 Å². The van der Waals surface area contributed by atoms with Crippen LogP contribution < -0.4 is 5.32 Å². The molecule has 1 atom stereocenters. The number of nitrogens with one attached hydrogen (secondary N) is 1. The van der Waals surface area contributed by atoms with Crippen LogP contribution in [0, 0.1) is 13.8 Å². The Morgan fingerprint density at radius 2 is 2.05 bits per heavy atom. The molecule has 4 heteroatoms. The van der Waals surface area contributed by atoms with E-state index in [4.69, 9.17) is 11.6 Å². The molecule has 0 radical (unpaired) electrons. The van der Waals surface area contributed by atoms with Gasteiger partial charge in [0.2, 0.25) is 0 Å². The molecule has 0 bridgehead atoms. The van der Waals surface area contributed by atoms with Gasteiger partial charge in [-0.3, -0.25) is 4.79 Å². The highest BCUT2D eigenvalue weighted by atomic mass is 35.5. The smallest absolute Gasteiger partial charge is 0.254 e. The number of carbonyl (C=O) groups is 1. The van der Waals surface area contributed by atoms with E-state index in [1.54, 1.807) is 18.3 Å². The van der Waals surface area contributed by atoms with E-state index in [1.165, 1.54) is 5.56 Å².